The van der Waals surface area contributed by atoms with Crippen molar-refractivity contribution in [1.29, 1.82) is 0 Å². The van der Waals surface area contributed by atoms with Gasteiger partial charge in [0.1, 0.15) is 5.82 Å². The van der Waals surface area contributed by atoms with Crippen molar-refractivity contribution >= 4 is 39.0 Å². The van der Waals surface area contributed by atoms with Crippen molar-refractivity contribution in [3.05, 3.63) is 43.7 Å². The third kappa shape index (κ3) is 2.79. The average Bonchev–Trinajstić information content (AvgIpc) is 2.86. The summed E-state index contributed by atoms with van der Waals surface area (Å²) in [5.74, 6) is 0.576. The lowest BCUT2D eigenvalue weighted by Gasteiger charge is -2.08. The van der Waals surface area contributed by atoms with Crippen molar-refractivity contribution in [3.8, 4) is 0 Å². The standard InChI is InChI=1S/C15H15BrN2OS/c1-9-6-11(16)8-17-14(9)18-15(19)13-7-10-4-2-3-5-12(10)20-13/h6-8H,2-5H2,1H3,(H,17,18,19). The first kappa shape index (κ1) is 13.8. The molecule has 1 aliphatic carbocycles. The van der Waals surface area contributed by atoms with E-state index in [0.717, 1.165) is 27.8 Å². The smallest absolute Gasteiger partial charge is 0.266 e. The van der Waals surface area contributed by atoms with Gasteiger partial charge in [0.15, 0.2) is 0 Å². The summed E-state index contributed by atoms with van der Waals surface area (Å²) in [5.41, 5.74) is 2.31. The predicted octanol–water partition coefficient (Wildman–Crippen LogP) is 4.35. The molecule has 3 nitrogen and oxygen atoms in total. The number of aromatic nitrogens is 1. The molecule has 2 heterocycles. The molecule has 104 valence electrons. The highest BCUT2D eigenvalue weighted by Crippen LogP contribution is 2.30. The zero-order valence-electron chi connectivity index (χ0n) is 11.2. The Morgan fingerprint density at radius 3 is 2.90 bits per heavy atom. The van der Waals surface area contributed by atoms with Gasteiger partial charge in [0, 0.05) is 15.5 Å². The van der Waals surface area contributed by atoms with E-state index in [0.29, 0.717) is 5.82 Å². The summed E-state index contributed by atoms with van der Waals surface area (Å²) in [6, 6.07) is 3.99. The normalized spacial score (nSPS) is 13.9. The first-order valence-electron chi connectivity index (χ1n) is 6.68. The van der Waals surface area contributed by atoms with Crippen LogP contribution in [0.15, 0.2) is 22.8 Å². The number of hydrogen-bond donors (Lipinski definition) is 1. The highest BCUT2D eigenvalue weighted by Gasteiger charge is 2.18. The van der Waals surface area contributed by atoms with E-state index in [4.69, 9.17) is 0 Å². The molecule has 0 bridgehead atoms. The van der Waals surface area contributed by atoms with Gasteiger partial charge in [-0.15, -0.1) is 11.3 Å². The van der Waals surface area contributed by atoms with Crippen LogP contribution in [0.4, 0.5) is 5.82 Å². The topological polar surface area (TPSA) is 42.0 Å². The fourth-order valence-electron chi connectivity index (χ4n) is 2.44. The van der Waals surface area contributed by atoms with Crippen LogP contribution in [0, 0.1) is 6.92 Å². The van der Waals surface area contributed by atoms with Crippen LogP contribution in [-0.4, -0.2) is 10.9 Å². The second kappa shape index (κ2) is 5.66. The van der Waals surface area contributed by atoms with Gasteiger partial charge in [-0.3, -0.25) is 4.79 Å². The van der Waals surface area contributed by atoms with E-state index in [1.807, 2.05) is 19.1 Å². The molecule has 0 saturated carbocycles. The number of carbonyl (C=O) groups excluding carboxylic acids is 1. The Balaban J connectivity index is 1.80. The van der Waals surface area contributed by atoms with Crippen LogP contribution in [0.25, 0.3) is 0 Å². The number of thiophene rings is 1. The number of nitrogens with one attached hydrogen (secondary N) is 1. The lowest BCUT2D eigenvalue weighted by atomic mass is 9.99. The van der Waals surface area contributed by atoms with Gasteiger partial charge in [0.2, 0.25) is 0 Å². The molecule has 2 aromatic heterocycles. The van der Waals surface area contributed by atoms with Crippen molar-refractivity contribution < 1.29 is 4.79 Å². The Kier molecular flexibility index (Phi) is 3.89. The zero-order chi connectivity index (χ0) is 14.1. The third-order valence-corrected chi connectivity index (χ3v) is 5.17. The Morgan fingerprint density at radius 2 is 2.15 bits per heavy atom. The van der Waals surface area contributed by atoms with Crippen molar-refractivity contribution in [3.63, 3.8) is 0 Å². The van der Waals surface area contributed by atoms with Gasteiger partial charge >= 0.3 is 0 Å². The minimum absolute atomic E-state index is 0.0534. The maximum absolute atomic E-state index is 12.3. The first-order valence-corrected chi connectivity index (χ1v) is 8.29. The van der Waals surface area contributed by atoms with Crippen LogP contribution in [0.3, 0.4) is 0 Å². The number of amides is 1. The number of carbonyl (C=O) groups is 1. The van der Waals surface area contributed by atoms with Gasteiger partial charge in [0.25, 0.3) is 5.91 Å². The number of anilines is 1. The van der Waals surface area contributed by atoms with Crippen molar-refractivity contribution in [1.82, 2.24) is 4.98 Å². The van der Waals surface area contributed by atoms with E-state index >= 15 is 0 Å². The van der Waals surface area contributed by atoms with Crippen LogP contribution in [-0.2, 0) is 12.8 Å². The van der Waals surface area contributed by atoms with Gasteiger partial charge < -0.3 is 5.32 Å². The van der Waals surface area contributed by atoms with Gasteiger partial charge in [-0.1, -0.05) is 0 Å². The average molecular weight is 351 g/mol. The number of fused-ring (bicyclic) bond motifs is 1. The molecule has 1 aliphatic rings. The largest absolute Gasteiger partial charge is 0.306 e. The molecule has 0 fully saturated rings. The molecule has 20 heavy (non-hydrogen) atoms. The van der Waals surface area contributed by atoms with Gasteiger partial charge in [-0.05, 0) is 71.8 Å². The summed E-state index contributed by atoms with van der Waals surface area (Å²) in [4.78, 5) is 18.7. The second-order valence-electron chi connectivity index (χ2n) is 5.04. The minimum Gasteiger partial charge on any atom is -0.306 e. The van der Waals surface area contributed by atoms with E-state index in [9.17, 15) is 4.79 Å². The maximum Gasteiger partial charge on any atom is 0.266 e. The molecule has 3 rings (SSSR count). The second-order valence-corrected chi connectivity index (χ2v) is 7.09. The number of pyridine rings is 1. The van der Waals surface area contributed by atoms with E-state index in [1.54, 1.807) is 17.5 Å². The van der Waals surface area contributed by atoms with Crippen molar-refractivity contribution in [2.24, 2.45) is 0 Å². The molecule has 1 amide bonds. The molecule has 0 radical (unpaired) electrons. The Labute approximate surface area is 130 Å². The summed E-state index contributed by atoms with van der Waals surface area (Å²) in [7, 11) is 0. The third-order valence-electron chi connectivity index (χ3n) is 3.50. The lowest BCUT2D eigenvalue weighted by Crippen LogP contribution is -2.12. The number of halogens is 1. The Morgan fingerprint density at radius 1 is 1.35 bits per heavy atom. The summed E-state index contributed by atoms with van der Waals surface area (Å²) in [5, 5.41) is 2.90. The molecular formula is C15H15BrN2OS. The maximum atomic E-state index is 12.3. The Hall–Kier alpha value is -1.20. The molecule has 2 aromatic rings. The minimum atomic E-state index is -0.0534. The van der Waals surface area contributed by atoms with Crippen LogP contribution in [0.2, 0.25) is 0 Å². The monoisotopic (exact) mass is 350 g/mol. The summed E-state index contributed by atoms with van der Waals surface area (Å²) >= 11 is 5.00. The van der Waals surface area contributed by atoms with E-state index < -0.39 is 0 Å². The molecule has 0 atom stereocenters. The van der Waals surface area contributed by atoms with Crippen LogP contribution in [0.1, 0.15) is 38.5 Å². The zero-order valence-corrected chi connectivity index (χ0v) is 13.6. The van der Waals surface area contributed by atoms with E-state index in [2.05, 4.69) is 26.2 Å². The SMILES string of the molecule is Cc1cc(Br)cnc1NC(=O)c1cc2c(s1)CCCC2. The van der Waals surface area contributed by atoms with Crippen molar-refractivity contribution in [2.75, 3.05) is 5.32 Å². The molecular weight excluding hydrogens is 336 g/mol. The Bertz CT molecular complexity index is 642. The predicted molar refractivity (Wildman–Crippen MR) is 85.6 cm³/mol. The fraction of sp³-hybridized carbons (Fsp3) is 0.333. The molecule has 0 aromatic carbocycles. The molecule has 0 spiro atoms. The van der Waals surface area contributed by atoms with Gasteiger partial charge in [-0.25, -0.2) is 4.98 Å². The van der Waals surface area contributed by atoms with Gasteiger partial charge in [-0.2, -0.15) is 0 Å². The first-order chi connectivity index (χ1) is 9.63. The highest BCUT2D eigenvalue weighted by atomic mass is 79.9. The van der Waals surface area contributed by atoms with Crippen LogP contribution in [0.5, 0.6) is 0 Å². The molecule has 0 unspecified atom stereocenters. The van der Waals surface area contributed by atoms with Gasteiger partial charge in [0.05, 0.1) is 4.88 Å². The van der Waals surface area contributed by atoms with E-state index in [-0.39, 0.29) is 5.91 Å². The molecule has 1 N–H and O–H groups in total. The summed E-state index contributed by atoms with van der Waals surface area (Å²) in [6.07, 6.45) is 6.39. The number of aryl methyl sites for hydroxylation is 3. The quantitative estimate of drug-likeness (QED) is 0.874. The lowest BCUT2D eigenvalue weighted by molar-refractivity contribution is 0.103. The number of nitrogens with zero attached hydrogens (tertiary/aromatic N) is 1. The van der Waals surface area contributed by atoms with Crippen LogP contribution >= 0.6 is 27.3 Å². The molecule has 5 heteroatoms. The van der Waals surface area contributed by atoms with Crippen LogP contribution < -0.4 is 5.32 Å². The molecule has 0 saturated heterocycles. The number of hydrogen-bond acceptors (Lipinski definition) is 3. The summed E-state index contributed by atoms with van der Waals surface area (Å²) in [6.45, 7) is 1.94. The number of rotatable bonds is 2. The fourth-order valence-corrected chi connectivity index (χ4v) is 4.04. The van der Waals surface area contributed by atoms with E-state index in [1.165, 1.54) is 23.3 Å². The molecule has 0 aliphatic heterocycles. The van der Waals surface area contributed by atoms with Crippen molar-refractivity contribution in [2.45, 2.75) is 32.6 Å². The highest BCUT2D eigenvalue weighted by molar-refractivity contribution is 9.10. The summed E-state index contributed by atoms with van der Waals surface area (Å²) < 4.78 is 0.916.